The van der Waals surface area contributed by atoms with Crippen molar-refractivity contribution in [3.8, 4) is 5.75 Å². The second-order valence-electron chi connectivity index (χ2n) is 4.99. The smallest absolute Gasteiger partial charge is 0.410 e. The lowest BCUT2D eigenvalue weighted by molar-refractivity contribution is -0.123. The minimum atomic E-state index is -0.453. The first-order valence-electron chi connectivity index (χ1n) is 7.13. The Labute approximate surface area is 137 Å². The number of ether oxygens (including phenoxy) is 2. The third-order valence-corrected chi connectivity index (χ3v) is 3.95. The van der Waals surface area contributed by atoms with Crippen LogP contribution in [0.1, 0.15) is 12.8 Å². The lowest BCUT2D eigenvalue weighted by Crippen LogP contribution is -2.42. The molecule has 1 fully saturated rings. The van der Waals surface area contributed by atoms with Gasteiger partial charge in [-0.15, -0.1) is 0 Å². The molecule has 1 aromatic rings. The zero-order chi connectivity index (χ0) is 15.9. The van der Waals surface area contributed by atoms with Gasteiger partial charge in [-0.3, -0.25) is 4.79 Å². The van der Waals surface area contributed by atoms with Gasteiger partial charge in [0.2, 0.25) is 0 Å². The lowest BCUT2D eigenvalue weighted by atomic mass is 10.1. The Morgan fingerprint density at radius 3 is 2.50 bits per heavy atom. The predicted molar refractivity (Wildman–Crippen MR) is 84.8 cm³/mol. The van der Waals surface area contributed by atoms with Gasteiger partial charge in [-0.2, -0.15) is 0 Å². The molecule has 6 nitrogen and oxygen atoms in total. The maximum absolute atomic E-state index is 11.8. The van der Waals surface area contributed by atoms with Gasteiger partial charge in [0.1, 0.15) is 11.9 Å². The lowest BCUT2D eigenvalue weighted by Gasteiger charge is -2.31. The van der Waals surface area contributed by atoms with Crippen LogP contribution in [0.2, 0.25) is 0 Å². The van der Waals surface area contributed by atoms with E-state index in [0.717, 1.165) is 23.1 Å². The third-order valence-electron chi connectivity index (χ3n) is 3.42. The highest BCUT2D eigenvalue weighted by Gasteiger charge is 2.25. The maximum atomic E-state index is 11.8. The van der Waals surface area contributed by atoms with Gasteiger partial charge < -0.3 is 19.7 Å². The molecule has 0 unspecified atom stereocenters. The highest BCUT2D eigenvalue weighted by molar-refractivity contribution is 9.10. The van der Waals surface area contributed by atoms with Crippen LogP contribution in [0.15, 0.2) is 28.7 Å². The highest BCUT2D eigenvalue weighted by atomic mass is 79.9. The summed E-state index contributed by atoms with van der Waals surface area (Å²) in [5.74, 6) is 0.505. The van der Waals surface area contributed by atoms with Crippen molar-refractivity contribution in [3.05, 3.63) is 28.7 Å². The molecule has 7 heteroatoms. The van der Waals surface area contributed by atoms with Crippen molar-refractivity contribution >= 4 is 27.9 Å². The normalized spacial score (nSPS) is 15.3. The third kappa shape index (κ3) is 4.91. The van der Waals surface area contributed by atoms with Crippen LogP contribution in [0.3, 0.4) is 0 Å². The van der Waals surface area contributed by atoms with Crippen molar-refractivity contribution in [2.45, 2.75) is 18.9 Å². The van der Waals surface area contributed by atoms with Gasteiger partial charge in [0.25, 0.3) is 5.91 Å². The minimum absolute atomic E-state index is 0.0872. The van der Waals surface area contributed by atoms with Crippen molar-refractivity contribution in [2.24, 2.45) is 0 Å². The zero-order valence-corrected chi connectivity index (χ0v) is 14.0. The molecule has 1 aliphatic heterocycles. The minimum Gasteiger partial charge on any atom is -0.490 e. The number of carbonyl (C=O) groups is 2. The van der Waals surface area contributed by atoms with Gasteiger partial charge in [0.15, 0.2) is 6.61 Å². The number of hydrogen-bond acceptors (Lipinski definition) is 4. The molecule has 0 aliphatic carbocycles. The summed E-state index contributed by atoms with van der Waals surface area (Å²) in [5.41, 5.74) is 0. The highest BCUT2D eigenvalue weighted by Crippen LogP contribution is 2.21. The number of piperidine rings is 1. The largest absolute Gasteiger partial charge is 0.490 e. The Morgan fingerprint density at radius 2 is 1.91 bits per heavy atom. The number of amides is 2. The number of carbonyl (C=O) groups excluding carboxylic acids is 2. The molecule has 2 amide bonds. The van der Waals surface area contributed by atoms with E-state index in [2.05, 4.69) is 21.2 Å². The van der Waals surface area contributed by atoms with Crippen LogP contribution in [0.25, 0.3) is 0 Å². The zero-order valence-electron chi connectivity index (χ0n) is 12.4. The fourth-order valence-electron chi connectivity index (χ4n) is 2.15. The molecule has 0 aromatic heterocycles. The second-order valence-corrected chi connectivity index (χ2v) is 5.90. The molecule has 0 bridgehead atoms. The number of likely N-dealkylation sites (tertiary alicyclic amines) is 1. The van der Waals surface area contributed by atoms with Gasteiger partial charge in [-0.25, -0.2) is 4.79 Å². The summed E-state index contributed by atoms with van der Waals surface area (Å²) in [7, 11) is 1.50. The fourth-order valence-corrected chi connectivity index (χ4v) is 2.42. The number of halogens is 1. The average Bonchev–Trinajstić information content (AvgIpc) is 2.55. The molecule has 1 aromatic carbocycles. The maximum Gasteiger partial charge on any atom is 0.410 e. The SMILES string of the molecule is CNC(=O)COC(=O)N1CCC(Oc2ccc(Br)cc2)CC1. The Bertz CT molecular complexity index is 513. The number of benzene rings is 1. The Morgan fingerprint density at radius 1 is 1.27 bits per heavy atom. The molecule has 0 saturated carbocycles. The summed E-state index contributed by atoms with van der Waals surface area (Å²) in [6.07, 6.45) is 1.12. The summed E-state index contributed by atoms with van der Waals surface area (Å²) in [5, 5.41) is 2.40. The molecule has 120 valence electrons. The van der Waals surface area contributed by atoms with E-state index in [9.17, 15) is 9.59 Å². The Balaban J connectivity index is 1.74. The molecule has 1 heterocycles. The molecule has 22 heavy (non-hydrogen) atoms. The molecule has 0 radical (unpaired) electrons. The van der Waals surface area contributed by atoms with Crippen molar-refractivity contribution < 1.29 is 19.1 Å². The number of rotatable bonds is 4. The predicted octanol–water partition coefficient (Wildman–Crippen LogP) is 2.17. The molecular formula is C15H19BrN2O4. The molecule has 2 rings (SSSR count). The summed E-state index contributed by atoms with van der Waals surface area (Å²) in [6.45, 7) is 0.881. The van der Waals surface area contributed by atoms with Crippen LogP contribution < -0.4 is 10.1 Å². The molecule has 1 N–H and O–H groups in total. The van der Waals surface area contributed by atoms with Crippen LogP contribution >= 0.6 is 15.9 Å². The standard InChI is InChI=1S/C15H19BrN2O4/c1-17-14(19)10-21-15(20)18-8-6-13(7-9-18)22-12-4-2-11(16)3-5-12/h2-5,13H,6-10H2,1H3,(H,17,19). The first-order chi connectivity index (χ1) is 10.6. The van der Waals surface area contributed by atoms with E-state index in [4.69, 9.17) is 9.47 Å². The topological polar surface area (TPSA) is 67.9 Å². The Kier molecular flexibility index (Phi) is 6.06. The van der Waals surface area contributed by atoms with E-state index in [1.165, 1.54) is 7.05 Å². The van der Waals surface area contributed by atoms with Crippen molar-refractivity contribution in [1.29, 1.82) is 0 Å². The quantitative estimate of drug-likeness (QED) is 0.881. The Hall–Kier alpha value is -1.76. The van der Waals surface area contributed by atoms with Crippen LogP contribution in [0.4, 0.5) is 4.79 Å². The van der Waals surface area contributed by atoms with Crippen LogP contribution in [0, 0.1) is 0 Å². The number of hydrogen-bond donors (Lipinski definition) is 1. The summed E-state index contributed by atoms with van der Waals surface area (Å²) in [6, 6.07) is 7.68. The second kappa shape index (κ2) is 8.03. The number of nitrogens with one attached hydrogen (secondary N) is 1. The molecule has 0 spiro atoms. The summed E-state index contributed by atoms with van der Waals surface area (Å²) in [4.78, 5) is 24.4. The molecule has 1 saturated heterocycles. The van der Waals surface area contributed by atoms with Gasteiger partial charge in [0.05, 0.1) is 0 Å². The van der Waals surface area contributed by atoms with Crippen LogP contribution in [0.5, 0.6) is 5.75 Å². The molecule has 1 aliphatic rings. The number of nitrogens with zero attached hydrogens (tertiary/aromatic N) is 1. The summed E-state index contributed by atoms with van der Waals surface area (Å²) >= 11 is 3.38. The first kappa shape index (κ1) is 16.6. The van der Waals surface area contributed by atoms with E-state index in [0.29, 0.717) is 13.1 Å². The first-order valence-corrected chi connectivity index (χ1v) is 7.92. The molecular weight excluding hydrogens is 352 g/mol. The van der Waals surface area contributed by atoms with E-state index < -0.39 is 6.09 Å². The number of likely N-dealkylation sites (N-methyl/N-ethyl adjacent to an activating group) is 1. The van der Waals surface area contributed by atoms with E-state index >= 15 is 0 Å². The van der Waals surface area contributed by atoms with Crippen molar-refractivity contribution in [3.63, 3.8) is 0 Å². The van der Waals surface area contributed by atoms with Crippen LogP contribution in [-0.2, 0) is 9.53 Å². The van der Waals surface area contributed by atoms with Crippen molar-refractivity contribution in [1.82, 2.24) is 10.2 Å². The van der Waals surface area contributed by atoms with Gasteiger partial charge >= 0.3 is 6.09 Å². The summed E-state index contributed by atoms with van der Waals surface area (Å²) < 4.78 is 11.8. The van der Waals surface area contributed by atoms with Gasteiger partial charge in [-0.1, -0.05) is 15.9 Å². The van der Waals surface area contributed by atoms with Crippen molar-refractivity contribution in [2.75, 3.05) is 26.7 Å². The van der Waals surface area contributed by atoms with Gasteiger partial charge in [0, 0.05) is 37.5 Å². The average molecular weight is 371 g/mol. The molecule has 0 atom stereocenters. The van der Waals surface area contributed by atoms with Crippen LogP contribution in [-0.4, -0.2) is 49.7 Å². The monoisotopic (exact) mass is 370 g/mol. The van der Waals surface area contributed by atoms with E-state index in [-0.39, 0.29) is 18.6 Å². The fraction of sp³-hybridized carbons (Fsp3) is 0.467. The van der Waals surface area contributed by atoms with Gasteiger partial charge in [-0.05, 0) is 24.3 Å². The van der Waals surface area contributed by atoms with E-state index in [1.807, 2.05) is 24.3 Å². The van der Waals surface area contributed by atoms with E-state index in [1.54, 1.807) is 4.90 Å².